The number of hydrogen-bond acceptors (Lipinski definition) is 4. The van der Waals surface area contributed by atoms with Crippen molar-refractivity contribution in [3.05, 3.63) is 54.1 Å². The molecule has 0 heterocycles. The van der Waals surface area contributed by atoms with Gasteiger partial charge in [0.25, 0.3) is 0 Å². The van der Waals surface area contributed by atoms with Crippen molar-refractivity contribution < 1.29 is 19.0 Å². The summed E-state index contributed by atoms with van der Waals surface area (Å²) < 4.78 is 16.0. The Kier molecular flexibility index (Phi) is 5.21. The van der Waals surface area contributed by atoms with Crippen molar-refractivity contribution in [3.8, 4) is 17.2 Å². The van der Waals surface area contributed by atoms with E-state index < -0.39 is 0 Å². The molecule has 0 N–H and O–H groups in total. The molecule has 0 saturated carbocycles. The first-order valence-electron chi connectivity index (χ1n) is 6.64. The van der Waals surface area contributed by atoms with E-state index >= 15 is 0 Å². The van der Waals surface area contributed by atoms with Crippen molar-refractivity contribution in [2.45, 2.75) is 6.42 Å². The molecule has 0 fully saturated rings. The largest absolute Gasteiger partial charge is 0.493 e. The summed E-state index contributed by atoms with van der Waals surface area (Å²) in [6, 6.07) is 14.9. The van der Waals surface area contributed by atoms with Crippen LogP contribution in [0.1, 0.15) is 5.56 Å². The lowest BCUT2D eigenvalue weighted by molar-refractivity contribution is -0.120. The molecule has 0 aliphatic heterocycles. The molecule has 0 amide bonds. The summed E-state index contributed by atoms with van der Waals surface area (Å²) in [7, 11) is 3.10. The third-order valence-corrected chi connectivity index (χ3v) is 3.00. The first-order valence-corrected chi connectivity index (χ1v) is 6.64. The predicted molar refractivity (Wildman–Crippen MR) is 80.2 cm³/mol. The number of methoxy groups -OCH3 is 2. The molecule has 0 bridgehead atoms. The maximum Gasteiger partial charge on any atom is 0.203 e. The van der Waals surface area contributed by atoms with Crippen LogP contribution >= 0.6 is 0 Å². The Morgan fingerprint density at radius 1 is 0.905 bits per heavy atom. The molecule has 2 aromatic carbocycles. The van der Waals surface area contributed by atoms with Crippen molar-refractivity contribution in [1.82, 2.24) is 0 Å². The number of ether oxygens (including phenoxy) is 3. The lowest BCUT2D eigenvalue weighted by Crippen LogP contribution is -2.14. The van der Waals surface area contributed by atoms with Gasteiger partial charge in [-0.15, -0.1) is 0 Å². The van der Waals surface area contributed by atoms with Gasteiger partial charge >= 0.3 is 0 Å². The van der Waals surface area contributed by atoms with Gasteiger partial charge in [-0.2, -0.15) is 0 Å². The van der Waals surface area contributed by atoms with Crippen LogP contribution in [-0.4, -0.2) is 26.6 Å². The van der Waals surface area contributed by atoms with Crippen molar-refractivity contribution in [1.29, 1.82) is 0 Å². The predicted octanol–water partition coefficient (Wildman–Crippen LogP) is 2.89. The number of carbonyl (C=O) groups excluding carboxylic acids is 1. The SMILES string of the molecule is COc1cccc(OC)c1OCC(=O)Cc1ccccc1. The molecule has 0 unspecified atom stereocenters. The molecule has 0 saturated heterocycles. The zero-order valence-corrected chi connectivity index (χ0v) is 12.2. The minimum Gasteiger partial charge on any atom is -0.493 e. The lowest BCUT2D eigenvalue weighted by Gasteiger charge is -2.13. The van der Waals surface area contributed by atoms with Gasteiger partial charge < -0.3 is 14.2 Å². The van der Waals surface area contributed by atoms with Crippen LogP contribution in [0.3, 0.4) is 0 Å². The topological polar surface area (TPSA) is 44.8 Å². The van der Waals surface area contributed by atoms with Crippen LogP contribution in [0.2, 0.25) is 0 Å². The summed E-state index contributed by atoms with van der Waals surface area (Å²) in [5.41, 5.74) is 0.970. The van der Waals surface area contributed by atoms with Crippen molar-refractivity contribution in [2.75, 3.05) is 20.8 Å². The number of Topliss-reactive ketones (excluding diaryl/α,β-unsaturated/α-hetero) is 1. The molecule has 21 heavy (non-hydrogen) atoms. The van der Waals surface area contributed by atoms with Crippen LogP contribution in [0.4, 0.5) is 0 Å². The van der Waals surface area contributed by atoms with Gasteiger partial charge in [0, 0.05) is 6.42 Å². The van der Waals surface area contributed by atoms with Gasteiger partial charge in [0.05, 0.1) is 14.2 Å². The Bertz CT molecular complexity index is 571. The Balaban J connectivity index is 2.01. The highest BCUT2D eigenvalue weighted by Crippen LogP contribution is 2.36. The molecule has 0 spiro atoms. The molecule has 0 atom stereocenters. The quantitative estimate of drug-likeness (QED) is 0.785. The van der Waals surface area contributed by atoms with Crippen LogP contribution in [-0.2, 0) is 11.2 Å². The second kappa shape index (κ2) is 7.33. The standard InChI is InChI=1S/C17H18O4/c1-19-15-9-6-10-16(20-2)17(15)21-12-14(18)11-13-7-4-3-5-8-13/h3-10H,11-12H2,1-2H3. The van der Waals surface area contributed by atoms with E-state index in [1.54, 1.807) is 32.4 Å². The molecule has 0 aliphatic carbocycles. The monoisotopic (exact) mass is 286 g/mol. The average Bonchev–Trinajstić information content (AvgIpc) is 2.53. The zero-order chi connectivity index (χ0) is 15.1. The summed E-state index contributed by atoms with van der Waals surface area (Å²) in [5, 5.41) is 0. The first kappa shape index (κ1) is 14.9. The molecular formula is C17H18O4. The highest BCUT2D eigenvalue weighted by molar-refractivity contribution is 5.82. The van der Waals surface area contributed by atoms with E-state index in [1.165, 1.54) is 0 Å². The number of rotatable bonds is 7. The van der Waals surface area contributed by atoms with E-state index in [4.69, 9.17) is 14.2 Å². The van der Waals surface area contributed by atoms with Crippen LogP contribution in [0.5, 0.6) is 17.2 Å². The summed E-state index contributed by atoms with van der Waals surface area (Å²) in [5.74, 6) is 1.53. The molecule has 110 valence electrons. The average molecular weight is 286 g/mol. The molecular weight excluding hydrogens is 268 g/mol. The van der Waals surface area contributed by atoms with E-state index in [2.05, 4.69) is 0 Å². The van der Waals surface area contributed by atoms with Gasteiger partial charge in [-0.05, 0) is 17.7 Å². The maximum atomic E-state index is 12.0. The summed E-state index contributed by atoms with van der Waals surface area (Å²) in [4.78, 5) is 12.0. The molecule has 4 nitrogen and oxygen atoms in total. The molecule has 0 aliphatic rings. The Hall–Kier alpha value is -2.49. The zero-order valence-electron chi connectivity index (χ0n) is 12.2. The van der Waals surface area contributed by atoms with E-state index in [0.717, 1.165) is 5.56 Å². The first-order chi connectivity index (χ1) is 10.2. The number of hydrogen-bond donors (Lipinski definition) is 0. The number of para-hydroxylation sites is 1. The molecule has 4 heteroatoms. The normalized spacial score (nSPS) is 10.0. The number of carbonyl (C=O) groups is 1. The number of benzene rings is 2. The fourth-order valence-corrected chi connectivity index (χ4v) is 1.99. The maximum absolute atomic E-state index is 12.0. The van der Waals surface area contributed by atoms with E-state index in [0.29, 0.717) is 23.7 Å². The van der Waals surface area contributed by atoms with Crippen LogP contribution in [0.25, 0.3) is 0 Å². The Morgan fingerprint density at radius 2 is 1.52 bits per heavy atom. The minimum absolute atomic E-state index is 0.00541. The van der Waals surface area contributed by atoms with Gasteiger partial charge in [-0.1, -0.05) is 36.4 Å². The fourth-order valence-electron chi connectivity index (χ4n) is 1.99. The van der Waals surface area contributed by atoms with Gasteiger partial charge in [0.15, 0.2) is 17.3 Å². The lowest BCUT2D eigenvalue weighted by atomic mass is 10.1. The fraction of sp³-hybridized carbons (Fsp3) is 0.235. The smallest absolute Gasteiger partial charge is 0.203 e. The second-order valence-corrected chi connectivity index (χ2v) is 4.48. The van der Waals surface area contributed by atoms with Gasteiger partial charge in [0.1, 0.15) is 6.61 Å². The van der Waals surface area contributed by atoms with Gasteiger partial charge in [-0.3, -0.25) is 4.79 Å². The third-order valence-electron chi connectivity index (χ3n) is 3.00. The Labute approximate surface area is 124 Å². The minimum atomic E-state index is -0.0222. The molecule has 2 rings (SSSR count). The molecule has 2 aromatic rings. The number of ketones is 1. The highest BCUT2D eigenvalue weighted by Gasteiger charge is 2.13. The van der Waals surface area contributed by atoms with Gasteiger partial charge in [0.2, 0.25) is 5.75 Å². The molecule has 0 radical (unpaired) electrons. The Morgan fingerprint density at radius 3 is 2.10 bits per heavy atom. The summed E-state index contributed by atoms with van der Waals surface area (Å²) in [6.07, 6.45) is 0.346. The van der Waals surface area contributed by atoms with Crippen LogP contribution in [0.15, 0.2) is 48.5 Å². The van der Waals surface area contributed by atoms with Crippen molar-refractivity contribution in [3.63, 3.8) is 0 Å². The summed E-state index contributed by atoms with van der Waals surface area (Å²) >= 11 is 0. The van der Waals surface area contributed by atoms with Crippen LogP contribution in [0, 0.1) is 0 Å². The van der Waals surface area contributed by atoms with Crippen LogP contribution < -0.4 is 14.2 Å². The second-order valence-electron chi connectivity index (χ2n) is 4.48. The summed E-state index contributed by atoms with van der Waals surface area (Å²) in [6.45, 7) is -0.0222. The van der Waals surface area contributed by atoms with E-state index in [-0.39, 0.29) is 12.4 Å². The van der Waals surface area contributed by atoms with Crippen molar-refractivity contribution in [2.24, 2.45) is 0 Å². The van der Waals surface area contributed by atoms with E-state index in [9.17, 15) is 4.79 Å². The van der Waals surface area contributed by atoms with Gasteiger partial charge in [-0.25, -0.2) is 0 Å². The third kappa shape index (κ3) is 3.99. The molecule has 0 aromatic heterocycles. The van der Waals surface area contributed by atoms with E-state index in [1.807, 2.05) is 30.3 Å². The highest BCUT2D eigenvalue weighted by atomic mass is 16.5. The van der Waals surface area contributed by atoms with Crippen molar-refractivity contribution >= 4 is 5.78 Å².